The monoisotopic (exact) mass is 450 g/mol. The fourth-order valence-corrected chi connectivity index (χ4v) is 4.81. The van der Waals surface area contributed by atoms with E-state index in [0.717, 1.165) is 58.2 Å². The molecule has 0 bridgehead atoms. The van der Waals surface area contributed by atoms with E-state index in [2.05, 4.69) is 65.6 Å². The third-order valence-corrected chi connectivity index (χ3v) is 6.73. The number of carbonyl (C=O) groups is 2. The van der Waals surface area contributed by atoms with Crippen LogP contribution in [0.25, 0.3) is 0 Å². The first kappa shape index (κ1) is 25.1. The summed E-state index contributed by atoms with van der Waals surface area (Å²) in [7, 11) is 1.92. The number of benzene rings is 2. The average molecular weight is 451 g/mol. The van der Waals surface area contributed by atoms with Gasteiger partial charge in [-0.1, -0.05) is 73.5 Å². The Labute approximate surface area is 198 Å². The summed E-state index contributed by atoms with van der Waals surface area (Å²) in [5.74, 6) is 0.275. The second kappa shape index (κ2) is 13.3. The first-order valence-electron chi connectivity index (χ1n) is 12.3. The summed E-state index contributed by atoms with van der Waals surface area (Å²) in [6.07, 6.45) is 5.98. The zero-order valence-electron chi connectivity index (χ0n) is 19.9. The van der Waals surface area contributed by atoms with Crippen LogP contribution in [0.2, 0.25) is 0 Å². The highest BCUT2D eigenvalue weighted by atomic mass is 16.3. The van der Waals surface area contributed by atoms with Crippen LogP contribution in [0.4, 0.5) is 0 Å². The van der Waals surface area contributed by atoms with E-state index in [1.54, 1.807) is 0 Å². The number of ketones is 1. The summed E-state index contributed by atoms with van der Waals surface area (Å²) in [6.45, 7) is 2.24. The first-order chi connectivity index (χ1) is 16.1. The minimum Gasteiger partial charge on any atom is -0.389 e. The number of aliphatic hydroxyl groups is 1. The minimum absolute atomic E-state index is 0.0876. The van der Waals surface area contributed by atoms with Crippen LogP contribution in [0.1, 0.15) is 62.1 Å². The van der Waals surface area contributed by atoms with E-state index in [1.165, 1.54) is 11.1 Å². The van der Waals surface area contributed by atoms with Crippen molar-refractivity contribution in [1.29, 1.82) is 0 Å². The Balaban J connectivity index is 1.47. The highest BCUT2D eigenvalue weighted by Gasteiger charge is 2.31. The highest BCUT2D eigenvalue weighted by Crippen LogP contribution is 2.32. The SMILES string of the molecule is CN(CCCCCCC(=O)CO)C(=O)C1CCN(C(c2ccccc2)c2ccccc2)CC1. The molecule has 1 heterocycles. The minimum atomic E-state index is -0.354. The zero-order chi connectivity index (χ0) is 23.5. The van der Waals surface area contributed by atoms with Crippen LogP contribution in [0.3, 0.4) is 0 Å². The Bertz CT molecular complexity index is 808. The van der Waals surface area contributed by atoms with Gasteiger partial charge in [-0.05, 0) is 49.9 Å². The van der Waals surface area contributed by atoms with E-state index in [4.69, 9.17) is 5.11 Å². The molecule has 2 aromatic carbocycles. The van der Waals surface area contributed by atoms with E-state index in [9.17, 15) is 9.59 Å². The topological polar surface area (TPSA) is 60.9 Å². The van der Waals surface area contributed by atoms with E-state index >= 15 is 0 Å². The molecule has 0 saturated carbocycles. The van der Waals surface area contributed by atoms with Crippen LogP contribution in [-0.4, -0.2) is 59.9 Å². The summed E-state index contributed by atoms with van der Waals surface area (Å²) in [5.41, 5.74) is 2.59. The molecular formula is C28H38N2O3. The van der Waals surface area contributed by atoms with E-state index in [0.29, 0.717) is 6.42 Å². The number of hydrogen-bond donors (Lipinski definition) is 1. The zero-order valence-corrected chi connectivity index (χ0v) is 19.9. The Morgan fingerprint density at radius 3 is 2.00 bits per heavy atom. The van der Waals surface area contributed by atoms with Crippen LogP contribution in [0.5, 0.6) is 0 Å². The molecule has 1 N–H and O–H groups in total. The fourth-order valence-electron chi connectivity index (χ4n) is 4.81. The maximum absolute atomic E-state index is 13.0. The van der Waals surface area contributed by atoms with Crippen molar-refractivity contribution in [1.82, 2.24) is 9.80 Å². The molecule has 178 valence electrons. The van der Waals surface area contributed by atoms with Crippen molar-refractivity contribution in [3.8, 4) is 0 Å². The number of piperidine rings is 1. The number of aliphatic hydroxyl groups excluding tert-OH is 1. The summed E-state index contributed by atoms with van der Waals surface area (Å²) in [6, 6.07) is 21.5. The van der Waals surface area contributed by atoms with Crippen LogP contribution < -0.4 is 0 Å². The van der Waals surface area contributed by atoms with Gasteiger partial charge in [0.05, 0.1) is 6.04 Å². The molecule has 0 aliphatic carbocycles. The van der Waals surface area contributed by atoms with E-state index < -0.39 is 0 Å². The second-order valence-electron chi connectivity index (χ2n) is 9.15. The number of amides is 1. The molecule has 1 saturated heterocycles. The molecule has 3 rings (SSSR count). The number of rotatable bonds is 12. The van der Waals surface area contributed by atoms with Crippen molar-refractivity contribution < 1.29 is 14.7 Å². The van der Waals surface area contributed by atoms with E-state index in [1.807, 2.05) is 11.9 Å². The fraction of sp³-hybridized carbons (Fsp3) is 0.500. The normalized spacial score (nSPS) is 15.0. The lowest BCUT2D eigenvalue weighted by atomic mass is 9.90. The lowest BCUT2D eigenvalue weighted by Crippen LogP contribution is -2.43. The van der Waals surface area contributed by atoms with Crippen molar-refractivity contribution in [2.75, 3.05) is 33.3 Å². The van der Waals surface area contributed by atoms with Crippen molar-refractivity contribution in [2.45, 2.75) is 51.0 Å². The first-order valence-corrected chi connectivity index (χ1v) is 12.3. The third kappa shape index (κ3) is 7.51. The molecule has 1 fully saturated rings. The maximum atomic E-state index is 13.0. The number of hydrogen-bond acceptors (Lipinski definition) is 4. The number of Topliss-reactive ketones (excluding diaryl/α,β-unsaturated/α-hetero) is 1. The van der Waals surface area contributed by atoms with Crippen molar-refractivity contribution in [3.05, 3.63) is 71.8 Å². The number of nitrogens with zero attached hydrogens (tertiary/aromatic N) is 2. The summed E-state index contributed by atoms with van der Waals surface area (Å²) in [4.78, 5) is 28.5. The smallest absolute Gasteiger partial charge is 0.225 e. The molecule has 0 unspecified atom stereocenters. The molecule has 5 heteroatoms. The largest absolute Gasteiger partial charge is 0.389 e. The predicted octanol–water partition coefficient (Wildman–Crippen LogP) is 4.46. The summed E-state index contributed by atoms with van der Waals surface area (Å²) >= 11 is 0. The molecule has 0 atom stereocenters. The second-order valence-corrected chi connectivity index (χ2v) is 9.15. The third-order valence-electron chi connectivity index (χ3n) is 6.73. The molecule has 1 aliphatic rings. The molecule has 2 aromatic rings. The van der Waals surface area contributed by atoms with Crippen LogP contribution in [0.15, 0.2) is 60.7 Å². The Hall–Kier alpha value is -2.50. The predicted molar refractivity (Wildman–Crippen MR) is 132 cm³/mol. The number of unbranched alkanes of at least 4 members (excludes halogenated alkanes) is 3. The highest BCUT2D eigenvalue weighted by molar-refractivity contribution is 5.79. The number of likely N-dealkylation sites (tertiary alicyclic amines) is 1. The van der Waals surface area contributed by atoms with Gasteiger partial charge in [-0.15, -0.1) is 0 Å². The van der Waals surface area contributed by atoms with Gasteiger partial charge in [0, 0.05) is 25.9 Å². The standard InChI is InChI=1S/C28H38N2O3/c1-29(19-11-3-2-10-16-26(32)22-31)28(33)25-17-20-30(21-18-25)27(23-12-6-4-7-13-23)24-14-8-5-9-15-24/h4-9,12-15,25,27,31H,2-3,10-11,16-22H2,1H3. The molecule has 0 radical (unpaired) electrons. The Kier molecular flexibility index (Phi) is 10.1. The van der Waals surface area contributed by atoms with Gasteiger partial charge in [-0.3, -0.25) is 14.5 Å². The Morgan fingerprint density at radius 1 is 0.909 bits per heavy atom. The molecule has 1 amide bonds. The molecule has 0 spiro atoms. The Morgan fingerprint density at radius 2 is 1.45 bits per heavy atom. The molecule has 5 nitrogen and oxygen atoms in total. The molecular weight excluding hydrogens is 412 g/mol. The van der Waals surface area contributed by atoms with Crippen molar-refractivity contribution in [2.24, 2.45) is 5.92 Å². The van der Waals surface area contributed by atoms with Gasteiger partial charge < -0.3 is 10.0 Å². The van der Waals surface area contributed by atoms with Gasteiger partial charge in [-0.2, -0.15) is 0 Å². The van der Waals surface area contributed by atoms with Crippen molar-refractivity contribution in [3.63, 3.8) is 0 Å². The van der Waals surface area contributed by atoms with E-state index in [-0.39, 0.29) is 30.3 Å². The average Bonchev–Trinajstić information content (AvgIpc) is 2.87. The number of carbonyl (C=O) groups excluding carboxylic acids is 2. The lowest BCUT2D eigenvalue weighted by molar-refractivity contribution is -0.136. The van der Waals surface area contributed by atoms with Gasteiger partial charge in [0.25, 0.3) is 0 Å². The van der Waals surface area contributed by atoms with Gasteiger partial charge in [0.15, 0.2) is 5.78 Å². The van der Waals surface area contributed by atoms with Crippen molar-refractivity contribution >= 4 is 11.7 Å². The van der Waals surface area contributed by atoms with Gasteiger partial charge in [-0.25, -0.2) is 0 Å². The molecule has 1 aliphatic heterocycles. The van der Waals surface area contributed by atoms with Gasteiger partial charge in [0.2, 0.25) is 5.91 Å². The summed E-state index contributed by atoms with van der Waals surface area (Å²) < 4.78 is 0. The van der Waals surface area contributed by atoms with Crippen LogP contribution in [0, 0.1) is 5.92 Å². The van der Waals surface area contributed by atoms with Crippen LogP contribution in [-0.2, 0) is 9.59 Å². The van der Waals surface area contributed by atoms with Gasteiger partial charge >= 0.3 is 0 Å². The lowest BCUT2D eigenvalue weighted by Gasteiger charge is -2.38. The quantitative estimate of drug-likeness (QED) is 0.485. The van der Waals surface area contributed by atoms with Gasteiger partial charge in [0.1, 0.15) is 6.61 Å². The maximum Gasteiger partial charge on any atom is 0.225 e. The summed E-state index contributed by atoms with van der Waals surface area (Å²) in [5, 5.41) is 8.76. The van der Waals surface area contributed by atoms with Crippen LogP contribution >= 0.6 is 0 Å². The molecule has 33 heavy (non-hydrogen) atoms. The molecule has 0 aromatic heterocycles.